The first-order valence-corrected chi connectivity index (χ1v) is 9.22. The summed E-state index contributed by atoms with van der Waals surface area (Å²) in [4.78, 5) is 4.62. The van der Waals surface area contributed by atoms with Gasteiger partial charge in [-0.1, -0.05) is 18.2 Å². The Bertz CT molecular complexity index is 733. The van der Waals surface area contributed by atoms with E-state index in [1.807, 2.05) is 32.0 Å². The first-order valence-electron chi connectivity index (χ1n) is 9.22. The second kappa shape index (κ2) is 11.1. The summed E-state index contributed by atoms with van der Waals surface area (Å²) in [6, 6.07) is 12.4. The van der Waals surface area contributed by atoms with Crippen molar-refractivity contribution >= 4 is 5.96 Å². The van der Waals surface area contributed by atoms with Crippen molar-refractivity contribution < 1.29 is 13.9 Å². The molecule has 0 saturated heterocycles. The number of benzene rings is 2. The molecular formula is C21H28FN3O2. The summed E-state index contributed by atoms with van der Waals surface area (Å²) in [7, 11) is 1.63. The van der Waals surface area contributed by atoms with E-state index >= 15 is 0 Å². The lowest BCUT2D eigenvalue weighted by Crippen LogP contribution is -2.38. The number of halogens is 1. The number of nitrogens with zero attached hydrogens (tertiary/aromatic N) is 1. The van der Waals surface area contributed by atoms with Crippen molar-refractivity contribution in [3.05, 3.63) is 59.4 Å². The van der Waals surface area contributed by atoms with Gasteiger partial charge in [-0.2, -0.15) is 0 Å². The average Bonchev–Trinajstić information content (AvgIpc) is 2.68. The summed E-state index contributed by atoms with van der Waals surface area (Å²) >= 11 is 0. The Hall–Kier alpha value is -2.76. The minimum atomic E-state index is -0.215. The molecule has 0 bridgehead atoms. The van der Waals surface area contributed by atoms with E-state index in [-0.39, 0.29) is 5.82 Å². The molecule has 2 aromatic carbocycles. The highest BCUT2D eigenvalue weighted by molar-refractivity contribution is 5.79. The van der Waals surface area contributed by atoms with Crippen molar-refractivity contribution in [2.75, 3.05) is 26.8 Å². The van der Waals surface area contributed by atoms with Crippen molar-refractivity contribution in [3.8, 4) is 11.5 Å². The molecule has 0 amide bonds. The second-order valence-corrected chi connectivity index (χ2v) is 5.92. The molecule has 0 heterocycles. The summed E-state index contributed by atoms with van der Waals surface area (Å²) in [6.07, 6.45) is 0.793. The number of ether oxygens (including phenoxy) is 2. The maximum absolute atomic E-state index is 13.0. The van der Waals surface area contributed by atoms with Crippen LogP contribution < -0.4 is 20.1 Å². The first-order chi connectivity index (χ1) is 13.2. The van der Waals surface area contributed by atoms with Gasteiger partial charge in [-0.3, -0.25) is 0 Å². The lowest BCUT2D eigenvalue weighted by molar-refractivity contribution is 0.310. The molecule has 2 rings (SSSR count). The Kier molecular flexibility index (Phi) is 8.42. The van der Waals surface area contributed by atoms with Crippen LogP contribution in [0.15, 0.2) is 47.5 Å². The van der Waals surface area contributed by atoms with E-state index in [1.165, 1.54) is 12.1 Å². The number of hydrogen-bond acceptors (Lipinski definition) is 3. The van der Waals surface area contributed by atoms with E-state index in [1.54, 1.807) is 19.2 Å². The second-order valence-electron chi connectivity index (χ2n) is 5.92. The van der Waals surface area contributed by atoms with Gasteiger partial charge in [-0.05, 0) is 55.7 Å². The van der Waals surface area contributed by atoms with Crippen LogP contribution in [0.2, 0.25) is 0 Å². The number of methoxy groups -OCH3 is 1. The molecule has 0 aromatic heterocycles. The fraction of sp³-hybridized carbons (Fsp3) is 0.381. The zero-order chi connectivity index (χ0) is 19.5. The summed E-state index contributed by atoms with van der Waals surface area (Å²) in [5.41, 5.74) is 2.12. The third-order valence-electron chi connectivity index (χ3n) is 3.91. The van der Waals surface area contributed by atoms with Crippen LogP contribution in [0.25, 0.3) is 0 Å². The van der Waals surface area contributed by atoms with Crippen LogP contribution in [0.1, 0.15) is 25.0 Å². The van der Waals surface area contributed by atoms with Gasteiger partial charge in [0.05, 0.1) is 20.3 Å². The summed E-state index contributed by atoms with van der Waals surface area (Å²) < 4.78 is 23.9. The lowest BCUT2D eigenvalue weighted by atomic mass is 10.1. The van der Waals surface area contributed by atoms with Gasteiger partial charge in [-0.15, -0.1) is 0 Å². The predicted molar refractivity (Wildman–Crippen MR) is 107 cm³/mol. The average molecular weight is 373 g/mol. The summed E-state index contributed by atoms with van der Waals surface area (Å²) in [6.45, 7) is 6.56. The number of nitrogens with one attached hydrogen (secondary N) is 2. The van der Waals surface area contributed by atoms with Crippen LogP contribution in [-0.2, 0) is 13.0 Å². The normalized spacial score (nSPS) is 11.2. The van der Waals surface area contributed by atoms with E-state index in [9.17, 15) is 4.39 Å². The molecule has 0 aliphatic carbocycles. The Morgan fingerprint density at radius 3 is 2.41 bits per heavy atom. The molecule has 0 aliphatic rings. The van der Waals surface area contributed by atoms with Gasteiger partial charge in [0.2, 0.25) is 0 Å². The van der Waals surface area contributed by atoms with Crippen LogP contribution in [0.4, 0.5) is 4.39 Å². The SMILES string of the molecule is CCNC(=NCc1ccc(OC)c(OCC)c1)NCCc1ccc(F)cc1. The fourth-order valence-corrected chi connectivity index (χ4v) is 2.58. The van der Waals surface area contributed by atoms with E-state index < -0.39 is 0 Å². The Morgan fingerprint density at radius 2 is 1.74 bits per heavy atom. The third kappa shape index (κ3) is 6.81. The minimum Gasteiger partial charge on any atom is -0.493 e. The molecule has 0 radical (unpaired) electrons. The highest BCUT2D eigenvalue weighted by Gasteiger charge is 2.05. The maximum Gasteiger partial charge on any atom is 0.191 e. The van der Waals surface area contributed by atoms with Crippen molar-refractivity contribution in [1.29, 1.82) is 0 Å². The van der Waals surface area contributed by atoms with E-state index in [0.717, 1.165) is 35.8 Å². The van der Waals surface area contributed by atoms with Gasteiger partial charge in [0.1, 0.15) is 5.82 Å². The summed E-state index contributed by atoms with van der Waals surface area (Å²) in [5, 5.41) is 6.54. The van der Waals surface area contributed by atoms with Crippen LogP contribution in [0.3, 0.4) is 0 Å². The highest BCUT2D eigenvalue weighted by atomic mass is 19.1. The first kappa shape index (κ1) is 20.6. The number of guanidine groups is 1. The highest BCUT2D eigenvalue weighted by Crippen LogP contribution is 2.28. The topological polar surface area (TPSA) is 54.9 Å². The van der Waals surface area contributed by atoms with Gasteiger partial charge < -0.3 is 20.1 Å². The third-order valence-corrected chi connectivity index (χ3v) is 3.91. The van der Waals surface area contributed by atoms with Gasteiger partial charge in [0.15, 0.2) is 17.5 Å². The zero-order valence-corrected chi connectivity index (χ0v) is 16.2. The van der Waals surface area contributed by atoms with Crippen LogP contribution in [-0.4, -0.2) is 32.8 Å². The predicted octanol–water partition coefficient (Wildman–Crippen LogP) is 3.53. The molecule has 6 heteroatoms. The minimum absolute atomic E-state index is 0.215. The van der Waals surface area contributed by atoms with Crippen molar-refractivity contribution in [1.82, 2.24) is 10.6 Å². The molecule has 146 valence electrons. The molecular weight excluding hydrogens is 345 g/mol. The standard InChI is InChI=1S/C21H28FN3O2/c1-4-23-21(24-13-12-16-6-9-18(22)10-7-16)25-15-17-8-11-19(26-3)20(14-17)27-5-2/h6-11,14H,4-5,12-13,15H2,1-3H3,(H2,23,24,25). The Balaban J connectivity index is 1.95. The van der Waals surface area contributed by atoms with E-state index in [0.29, 0.717) is 25.4 Å². The van der Waals surface area contributed by atoms with Crippen molar-refractivity contribution in [2.45, 2.75) is 26.8 Å². The molecule has 0 atom stereocenters. The van der Waals surface area contributed by atoms with Crippen molar-refractivity contribution in [2.24, 2.45) is 4.99 Å². The maximum atomic E-state index is 13.0. The van der Waals surface area contributed by atoms with E-state index in [2.05, 4.69) is 15.6 Å². The summed E-state index contributed by atoms with van der Waals surface area (Å²) in [5.74, 6) is 1.97. The zero-order valence-electron chi connectivity index (χ0n) is 16.2. The molecule has 0 saturated carbocycles. The quantitative estimate of drug-likeness (QED) is 0.522. The monoisotopic (exact) mass is 373 g/mol. The van der Waals surface area contributed by atoms with Gasteiger partial charge in [-0.25, -0.2) is 9.38 Å². The van der Waals surface area contributed by atoms with Gasteiger partial charge in [0, 0.05) is 13.1 Å². The fourth-order valence-electron chi connectivity index (χ4n) is 2.58. The largest absolute Gasteiger partial charge is 0.493 e. The van der Waals surface area contributed by atoms with Crippen LogP contribution >= 0.6 is 0 Å². The van der Waals surface area contributed by atoms with Crippen LogP contribution in [0, 0.1) is 5.82 Å². The van der Waals surface area contributed by atoms with Crippen LogP contribution in [0.5, 0.6) is 11.5 Å². The Morgan fingerprint density at radius 1 is 1.00 bits per heavy atom. The van der Waals surface area contributed by atoms with Gasteiger partial charge >= 0.3 is 0 Å². The number of aliphatic imine (C=N–C) groups is 1. The molecule has 0 unspecified atom stereocenters. The number of rotatable bonds is 9. The molecule has 0 fully saturated rings. The van der Waals surface area contributed by atoms with Gasteiger partial charge in [0.25, 0.3) is 0 Å². The smallest absolute Gasteiger partial charge is 0.191 e. The number of hydrogen-bond donors (Lipinski definition) is 2. The molecule has 2 aromatic rings. The molecule has 0 spiro atoms. The lowest BCUT2D eigenvalue weighted by Gasteiger charge is -2.13. The molecule has 27 heavy (non-hydrogen) atoms. The van der Waals surface area contributed by atoms with E-state index in [4.69, 9.17) is 9.47 Å². The molecule has 0 aliphatic heterocycles. The molecule has 5 nitrogen and oxygen atoms in total. The Labute approximate surface area is 160 Å². The molecule has 2 N–H and O–H groups in total. The van der Waals surface area contributed by atoms with Crippen molar-refractivity contribution in [3.63, 3.8) is 0 Å².